The minimum atomic E-state index is -0.500. The Kier molecular flexibility index (Phi) is 5.45. The predicted octanol–water partition coefficient (Wildman–Crippen LogP) is 1.82. The number of ether oxygens (including phenoxy) is 1. The van der Waals surface area contributed by atoms with E-state index in [-0.39, 0.29) is 23.0 Å². The fourth-order valence-corrected chi connectivity index (χ4v) is 2.61. The van der Waals surface area contributed by atoms with Gasteiger partial charge in [-0.25, -0.2) is 0 Å². The quantitative estimate of drug-likeness (QED) is 0.693. The van der Waals surface area contributed by atoms with Crippen molar-refractivity contribution in [1.29, 1.82) is 0 Å². The highest BCUT2D eigenvalue weighted by molar-refractivity contribution is 8.00. The Morgan fingerprint density at radius 1 is 1.30 bits per heavy atom. The molecule has 23 heavy (non-hydrogen) atoms. The summed E-state index contributed by atoms with van der Waals surface area (Å²) in [4.78, 5) is 23.8. The molecule has 0 saturated heterocycles. The van der Waals surface area contributed by atoms with Crippen LogP contribution >= 0.6 is 23.4 Å². The number of thioether (sulfide) groups is 1. The second-order valence-corrected chi connectivity index (χ2v) is 6.17. The number of nitrogens with zero attached hydrogens (tertiary/aromatic N) is 3. The van der Waals surface area contributed by atoms with Gasteiger partial charge in [0.1, 0.15) is 5.75 Å². The Balaban J connectivity index is 2.09. The van der Waals surface area contributed by atoms with Crippen LogP contribution < -0.4 is 21.5 Å². The number of aromatic nitrogens is 3. The van der Waals surface area contributed by atoms with Gasteiger partial charge in [-0.2, -0.15) is 15.0 Å². The molecule has 0 radical (unpaired) electrons. The number of anilines is 3. The summed E-state index contributed by atoms with van der Waals surface area (Å²) in [5.74, 6) is 0.245. The van der Waals surface area contributed by atoms with E-state index in [1.165, 1.54) is 7.11 Å². The number of nitrogens with one attached hydrogen (secondary N) is 1. The maximum atomic E-state index is 12.3. The lowest BCUT2D eigenvalue weighted by Crippen LogP contribution is -2.23. The van der Waals surface area contributed by atoms with Crippen LogP contribution in [0.4, 0.5) is 17.6 Å². The normalized spacial score (nSPS) is 11.8. The van der Waals surface area contributed by atoms with Gasteiger partial charge in [-0.05, 0) is 25.1 Å². The number of benzene rings is 1. The van der Waals surface area contributed by atoms with Crippen molar-refractivity contribution < 1.29 is 9.53 Å². The topological polar surface area (TPSA) is 129 Å². The number of carbonyl (C=O) groups is 1. The van der Waals surface area contributed by atoms with Crippen LogP contribution in [-0.4, -0.2) is 33.2 Å². The minimum Gasteiger partial charge on any atom is -0.495 e. The van der Waals surface area contributed by atoms with Gasteiger partial charge in [-0.15, -0.1) is 0 Å². The maximum absolute atomic E-state index is 12.3. The first kappa shape index (κ1) is 17.1. The number of rotatable bonds is 5. The van der Waals surface area contributed by atoms with E-state index >= 15 is 0 Å². The highest BCUT2D eigenvalue weighted by atomic mass is 35.5. The molecule has 0 saturated carbocycles. The largest absolute Gasteiger partial charge is 0.495 e. The summed E-state index contributed by atoms with van der Waals surface area (Å²) in [5, 5.41) is 3.01. The number of hydrogen-bond acceptors (Lipinski definition) is 8. The van der Waals surface area contributed by atoms with Crippen LogP contribution in [0.1, 0.15) is 6.92 Å². The lowest BCUT2D eigenvalue weighted by Gasteiger charge is -2.14. The monoisotopic (exact) mass is 354 g/mol. The van der Waals surface area contributed by atoms with Gasteiger partial charge in [0.05, 0.1) is 18.0 Å². The van der Waals surface area contributed by atoms with E-state index in [4.69, 9.17) is 27.8 Å². The zero-order valence-electron chi connectivity index (χ0n) is 12.4. The Morgan fingerprint density at radius 3 is 2.57 bits per heavy atom. The van der Waals surface area contributed by atoms with Crippen molar-refractivity contribution in [2.75, 3.05) is 23.9 Å². The summed E-state index contributed by atoms with van der Waals surface area (Å²) in [7, 11) is 1.51. The lowest BCUT2D eigenvalue weighted by atomic mass is 10.3. The first-order valence-electron chi connectivity index (χ1n) is 6.47. The van der Waals surface area contributed by atoms with E-state index in [0.29, 0.717) is 16.5 Å². The van der Waals surface area contributed by atoms with Gasteiger partial charge in [0.15, 0.2) is 5.16 Å². The Bertz CT molecular complexity index is 709. The number of carbonyl (C=O) groups excluding carboxylic acids is 1. The van der Waals surface area contributed by atoms with E-state index in [1.807, 2.05) is 0 Å². The van der Waals surface area contributed by atoms with Gasteiger partial charge in [0.2, 0.25) is 17.8 Å². The molecule has 2 rings (SSSR count). The molecular formula is C13H15ClN6O2S. The van der Waals surface area contributed by atoms with Crippen molar-refractivity contribution in [1.82, 2.24) is 15.0 Å². The van der Waals surface area contributed by atoms with Gasteiger partial charge in [0.25, 0.3) is 0 Å². The number of nitrogens with two attached hydrogens (primary N) is 2. The van der Waals surface area contributed by atoms with Crippen molar-refractivity contribution in [3.63, 3.8) is 0 Å². The third-order valence-electron chi connectivity index (χ3n) is 2.72. The van der Waals surface area contributed by atoms with Crippen molar-refractivity contribution in [2.24, 2.45) is 0 Å². The van der Waals surface area contributed by atoms with Crippen molar-refractivity contribution >= 4 is 46.9 Å². The van der Waals surface area contributed by atoms with Gasteiger partial charge in [-0.1, -0.05) is 23.4 Å². The summed E-state index contributed by atoms with van der Waals surface area (Å²) >= 11 is 7.04. The molecule has 1 aromatic heterocycles. The second kappa shape index (κ2) is 7.34. The molecule has 1 heterocycles. The number of methoxy groups -OCH3 is 1. The second-order valence-electron chi connectivity index (χ2n) is 4.43. The average Bonchev–Trinajstić information content (AvgIpc) is 2.46. The summed E-state index contributed by atoms with van der Waals surface area (Å²) in [6.07, 6.45) is 0. The first-order chi connectivity index (χ1) is 10.9. The highest BCUT2D eigenvalue weighted by Gasteiger charge is 2.18. The van der Waals surface area contributed by atoms with Crippen LogP contribution in [0.3, 0.4) is 0 Å². The van der Waals surface area contributed by atoms with Crippen molar-refractivity contribution in [2.45, 2.75) is 17.3 Å². The molecule has 0 aliphatic carbocycles. The summed E-state index contributed by atoms with van der Waals surface area (Å²) in [6, 6.07) is 4.95. The molecule has 0 fully saturated rings. The summed E-state index contributed by atoms with van der Waals surface area (Å²) in [5.41, 5.74) is 11.5. The van der Waals surface area contributed by atoms with Crippen molar-refractivity contribution in [3.05, 3.63) is 23.2 Å². The van der Waals surface area contributed by atoms with E-state index in [9.17, 15) is 4.79 Å². The maximum Gasteiger partial charge on any atom is 0.237 e. The van der Waals surface area contributed by atoms with Gasteiger partial charge < -0.3 is 21.5 Å². The summed E-state index contributed by atoms with van der Waals surface area (Å²) < 4.78 is 5.18. The third-order valence-corrected chi connectivity index (χ3v) is 3.92. The minimum absolute atomic E-state index is 0.00381. The third kappa shape index (κ3) is 4.60. The molecule has 1 atom stereocenters. The number of nitrogen functional groups attached to an aromatic ring is 2. The highest BCUT2D eigenvalue weighted by Crippen LogP contribution is 2.29. The molecule has 0 aliphatic rings. The molecule has 0 spiro atoms. The fraction of sp³-hybridized carbons (Fsp3) is 0.231. The lowest BCUT2D eigenvalue weighted by molar-refractivity contribution is -0.115. The van der Waals surface area contributed by atoms with Crippen LogP contribution in [-0.2, 0) is 4.79 Å². The Labute approximate surface area is 142 Å². The van der Waals surface area contributed by atoms with Gasteiger partial charge in [-0.3, -0.25) is 4.79 Å². The van der Waals surface area contributed by atoms with E-state index in [2.05, 4.69) is 20.3 Å². The first-order valence-corrected chi connectivity index (χ1v) is 7.73. The molecule has 0 aliphatic heterocycles. The SMILES string of the molecule is COc1ccc(Cl)cc1NC(=O)[C@@H](C)Sc1nc(N)nc(N)n1. The van der Waals surface area contributed by atoms with Gasteiger partial charge >= 0.3 is 0 Å². The predicted molar refractivity (Wildman–Crippen MR) is 90.6 cm³/mol. The van der Waals surface area contributed by atoms with Crippen molar-refractivity contribution in [3.8, 4) is 5.75 Å². The molecule has 0 bridgehead atoms. The molecule has 1 aromatic carbocycles. The van der Waals surface area contributed by atoms with Crippen LogP contribution in [0.15, 0.2) is 23.4 Å². The van der Waals surface area contributed by atoms with E-state index in [1.54, 1.807) is 25.1 Å². The number of amides is 1. The zero-order valence-corrected chi connectivity index (χ0v) is 14.0. The Morgan fingerprint density at radius 2 is 1.96 bits per heavy atom. The zero-order chi connectivity index (χ0) is 17.0. The number of halogens is 1. The van der Waals surface area contributed by atoms with E-state index in [0.717, 1.165) is 11.8 Å². The van der Waals surface area contributed by atoms with E-state index < -0.39 is 5.25 Å². The molecule has 8 nitrogen and oxygen atoms in total. The molecule has 10 heteroatoms. The Hall–Kier alpha value is -2.26. The molecule has 122 valence electrons. The molecular weight excluding hydrogens is 340 g/mol. The molecule has 1 amide bonds. The average molecular weight is 355 g/mol. The van der Waals surface area contributed by atoms with Crippen LogP contribution in [0.25, 0.3) is 0 Å². The van der Waals surface area contributed by atoms with Crippen LogP contribution in [0.5, 0.6) is 5.75 Å². The smallest absolute Gasteiger partial charge is 0.237 e. The number of hydrogen-bond donors (Lipinski definition) is 3. The molecule has 2 aromatic rings. The summed E-state index contributed by atoms with van der Waals surface area (Å²) in [6.45, 7) is 1.70. The standard InChI is InChI=1S/C13H15ClN6O2S/c1-6(23-13-19-11(15)18-12(16)20-13)10(21)17-8-5-7(14)3-4-9(8)22-2/h3-6H,1-2H3,(H,17,21)(H4,15,16,18,19,20)/t6-/m1/s1. The van der Waals surface area contributed by atoms with Crippen LogP contribution in [0.2, 0.25) is 5.02 Å². The molecule has 5 N–H and O–H groups in total. The molecule has 0 unspecified atom stereocenters. The van der Waals surface area contributed by atoms with Gasteiger partial charge in [0, 0.05) is 5.02 Å². The van der Waals surface area contributed by atoms with Crippen LogP contribution in [0, 0.1) is 0 Å². The fourth-order valence-electron chi connectivity index (χ4n) is 1.66.